The molecule has 2 aromatic carbocycles. The van der Waals surface area contributed by atoms with Gasteiger partial charge in [0.2, 0.25) is 11.9 Å². The number of ketones is 1. The molecule has 3 aromatic rings. The Morgan fingerprint density at radius 2 is 1.83 bits per heavy atom. The standard InChI is InChI=1S/C15H13NO4.C9H13N5O/c1-20-12-4-2-3-11(14(12)18)13(17)9-5-7-10(8-6-9)15(16)19;10-9-12-4-2-7(14-9)8(15)13-6-1-3-11-5-6/h2-8,18H,1H3,(H2,16,19);2,4,6,11H,1,3,5H2,(H,13,15)(H2,10,12,14)/t;6-/m.0/s1. The van der Waals surface area contributed by atoms with Crippen LogP contribution in [0.25, 0.3) is 0 Å². The Hall–Kier alpha value is -4.51. The van der Waals surface area contributed by atoms with Crippen LogP contribution in [-0.4, -0.2) is 58.9 Å². The second-order valence-electron chi connectivity index (χ2n) is 7.59. The molecule has 182 valence electrons. The molecular formula is C24H26N6O5. The Labute approximate surface area is 201 Å². The summed E-state index contributed by atoms with van der Waals surface area (Å²) >= 11 is 0. The number of benzene rings is 2. The number of aromatic nitrogens is 2. The monoisotopic (exact) mass is 478 g/mol. The van der Waals surface area contributed by atoms with Crippen molar-refractivity contribution in [1.29, 1.82) is 0 Å². The van der Waals surface area contributed by atoms with Crippen LogP contribution in [0.15, 0.2) is 54.7 Å². The number of aromatic hydroxyl groups is 1. The van der Waals surface area contributed by atoms with Crippen LogP contribution in [0.5, 0.6) is 11.5 Å². The number of primary amides is 1. The Kier molecular flexibility index (Phi) is 8.30. The molecule has 0 bridgehead atoms. The van der Waals surface area contributed by atoms with Gasteiger partial charge in [-0.05, 0) is 43.3 Å². The Morgan fingerprint density at radius 3 is 2.43 bits per heavy atom. The van der Waals surface area contributed by atoms with E-state index in [9.17, 15) is 19.5 Å². The van der Waals surface area contributed by atoms with Crippen LogP contribution in [0, 0.1) is 0 Å². The molecule has 0 aliphatic carbocycles. The minimum Gasteiger partial charge on any atom is -0.504 e. The number of carbonyl (C=O) groups is 3. The second kappa shape index (κ2) is 11.6. The molecule has 1 fully saturated rings. The third kappa shape index (κ3) is 6.51. The van der Waals surface area contributed by atoms with Gasteiger partial charge in [-0.15, -0.1) is 0 Å². The van der Waals surface area contributed by atoms with E-state index in [1.165, 1.54) is 43.6 Å². The minimum absolute atomic E-state index is 0.118. The number of amides is 2. The normalized spacial score (nSPS) is 14.4. The summed E-state index contributed by atoms with van der Waals surface area (Å²) in [6.45, 7) is 1.75. The van der Waals surface area contributed by atoms with Crippen molar-refractivity contribution in [1.82, 2.24) is 20.6 Å². The first-order valence-corrected chi connectivity index (χ1v) is 10.7. The van der Waals surface area contributed by atoms with Crippen LogP contribution in [0.1, 0.15) is 43.2 Å². The van der Waals surface area contributed by atoms with Gasteiger partial charge < -0.3 is 31.9 Å². The summed E-state index contributed by atoms with van der Waals surface area (Å²) < 4.78 is 4.96. The van der Waals surface area contributed by atoms with Crippen LogP contribution in [-0.2, 0) is 0 Å². The average molecular weight is 479 g/mol. The van der Waals surface area contributed by atoms with Gasteiger partial charge in [-0.25, -0.2) is 9.97 Å². The van der Waals surface area contributed by atoms with Crippen molar-refractivity contribution in [2.24, 2.45) is 5.73 Å². The van der Waals surface area contributed by atoms with Crippen molar-refractivity contribution in [3.63, 3.8) is 0 Å². The Balaban J connectivity index is 0.000000203. The zero-order valence-corrected chi connectivity index (χ0v) is 19.0. The maximum Gasteiger partial charge on any atom is 0.270 e. The molecule has 0 spiro atoms. The third-order valence-electron chi connectivity index (χ3n) is 5.20. The van der Waals surface area contributed by atoms with Gasteiger partial charge >= 0.3 is 0 Å². The lowest BCUT2D eigenvalue weighted by Crippen LogP contribution is -2.36. The van der Waals surface area contributed by atoms with Gasteiger partial charge in [-0.1, -0.05) is 18.2 Å². The minimum atomic E-state index is -0.562. The number of carbonyl (C=O) groups excluding carboxylic acids is 3. The quantitative estimate of drug-likeness (QED) is 0.321. The Morgan fingerprint density at radius 1 is 1.11 bits per heavy atom. The number of rotatable bonds is 6. The van der Waals surface area contributed by atoms with Crippen LogP contribution >= 0.6 is 0 Å². The highest BCUT2D eigenvalue weighted by molar-refractivity contribution is 6.11. The van der Waals surface area contributed by atoms with E-state index < -0.39 is 5.91 Å². The highest BCUT2D eigenvalue weighted by Gasteiger charge is 2.18. The number of phenolic OH excluding ortho intramolecular Hbond substituents is 1. The molecule has 1 aromatic heterocycles. The van der Waals surface area contributed by atoms with Crippen molar-refractivity contribution in [2.75, 3.05) is 25.9 Å². The number of nitrogens with one attached hydrogen (secondary N) is 2. The predicted molar refractivity (Wildman–Crippen MR) is 128 cm³/mol. The van der Waals surface area contributed by atoms with Gasteiger partial charge in [-0.2, -0.15) is 0 Å². The van der Waals surface area contributed by atoms with E-state index in [2.05, 4.69) is 20.6 Å². The maximum atomic E-state index is 12.3. The van der Waals surface area contributed by atoms with E-state index in [0.29, 0.717) is 16.8 Å². The summed E-state index contributed by atoms with van der Waals surface area (Å²) in [6, 6.07) is 12.3. The van der Waals surface area contributed by atoms with Gasteiger partial charge in [-0.3, -0.25) is 14.4 Å². The fourth-order valence-electron chi connectivity index (χ4n) is 3.35. The highest BCUT2D eigenvalue weighted by atomic mass is 16.5. The lowest BCUT2D eigenvalue weighted by molar-refractivity contribution is 0.0933. The van der Waals surface area contributed by atoms with Crippen molar-refractivity contribution >= 4 is 23.5 Å². The number of phenols is 1. The van der Waals surface area contributed by atoms with Crippen molar-refractivity contribution in [3.8, 4) is 11.5 Å². The van der Waals surface area contributed by atoms with Crippen LogP contribution in [0.2, 0.25) is 0 Å². The van der Waals surface area contributed by atoms with E-state index in [4.69, 9.17) is 16.2 Å². The van der Waals surface area contributed by atoms with E-state index in [0.717, 1.165) is 19.5 Å². The first-order valence-electron chi connectivity index (χ1n) is 10.7. The summed E-state index contributed by atoms with van der Waals surface area (Å²) in [6.07, 6.45) is 2.43. The second-order valence-corrected chi connectivity index (χ2v) is 7.59. The van der Waals surface area contributed by atoms with Crippen LogP contribution in [0.3, 0.4) is 0 Å². The molecule has 11 nitrogen and oxygen atoms in total. The molecule has 35 heavy (non-hydrogen) atoms. The summed E-state index contributed by atoms with van der Waals surface area (Å²) in [7, 11) is 1.41. The average Bonchev–Trinajstić information content (AvgIpc) is 3.37. The largest absolute Gasteiger partial charge is 0.504 e. The number of ether oxygens (including phenoxy) is 1. The summed E-state index contributed by atoms with van der Waals surface area (Å²) in [4.78, 5) is 42.5. The zero-order chi connectivity index (χ0) is 25.4. The lowest BCUT2D eigenvalue weighted by Gasteiger charge is -2.10. The fraction of sp³-hybridized carbons (Fsp3) is 0.208. The smallest absolute Gasteiger partial charge is 0.270 e. The maximum absolute atomic E-state index is 12.3. The van der Waals surface area contributed by atoms with Gasteiger partial charge in [0.15, 0.2) is 17.3 Å². The molecule has 0 radical (unpaired) electrons. The zero-order valence-electron chi connectivity index (χ0n) is 19.0. The molecule has 4 rings (SSSR count). The predicted octanol–water partition coefficient (Wildman–Crippen LogP) is 0.881. The first kappa shape index (κ1) is 25.1. The molecule has 0 unspecified atom stereocenters. The van der Waals surface area contributed by atoms with E-state index >= 15 is 0 Å². The molecule has 1 saturated heterocycles. The molecule has 1 aliphatic heterocycles. The van der Waals surface area contributed by atoms with Gasteiger partial charge in [0.25, 0.3) is 5.91 Å². The fourth-order valence-corrected chi connectivity index (χ4v) is 3.35. The van der Waals surface area contributed by atoms with E-state index in [-0.39, 0.29) is 40.7 Å². The van der Waals surface area contributed by atoms with Crippen molar-refractivity contribution in [2.45, 2.75) is 12.5 Å². The SMILES string of the molecule is COc1cccc(C(=O)c2ccc(C(N)=O)cc2)c1O.Nc1nccc(C(=O)N[C@H]2CCNC2)n1. The number of hydrogen-bond acceptors (Lipinski definition) is 9. The Bertz CT molecular complexity index is 1210. The van der Waals surface area contributed by atoms with Gasteiger partial charge in [0.05, 0.1) is 12.7 Å². The van der Waals surface area contributed by atoms with Gasteiger partial charge in [0.1, 0.15) is 5.69 Å². The topological polar surface area (TPSA) is 183 Å². The molecule has 7 N–H and O–H groups in total. The highest BCUT2D eigenvalue weighted by Crippen LogP contribution is 2.30. The third-order valence-corrected chi connectivity index (χ3v) is 5.20. The number of para-hydroxylation sites is 1. The van der Waals surface area contributed by atoms with Gasteiger partial charge in [0, 0.05) is 29.9 Å². The van der Waals surface area contributed by atoms with Crippen molar-refractivity contribution < 1.29 is 24.2 Å². The molecule has 2 heterocycles. The molecule has 1 aliphatic rings. The number of nitrogens with zero attached hydrogens (tertiary/aromatic N) is 2. The summed E-state index contributed by atoms with van der Waals surface area (Å²) in [5.74, 6) is -0.987. The number of hydrogen-bond donors (Lipinski definition) is 5. The molecule has 0 saturated carbocycles. The number of anilines is 1. The van der Waals surface area contributed by atoms with E-state index in [1.807, 2.05) is 0 Å². The van der Waals surface area contributed by atoms with Crippen molar-refractivity contribution in [3.05, 3.63) is 77.1 Å². The van der Waals surface area contributed by atoms with Crippen LogP contribution in [0.4, 0.5) is 5.95 Å². The molecule has 1 atom stereocenters. The first-order chi connectivity index (χ1) is 16.8. The number of nitrogen functional groups attached to an aromatic ring is 1. The van der Waals surface area contributed by atoms with Crippen LogP contribution < -0.4 is 26.8 Å². The molecule has 2 amide bonds. The summed E-state index contributed by atoms with van der Waals surface area (Å²) in [5.41, 5.74) is 11.6. The molecule has 11 heteroatoms. The van der Waals surface area contributed by atoms with E-state index in [1.54, 1.807) is 18.2 Å². The molecular weight excluding hydrogens is 452 g/mol. The lowest BCUT2D eigenvalue weighted by atomic mass is 10.0. The number of nitrogens with two attached hydrogens (primary N) is 2. The summed E-state index contributed by atoms with van der Waals surface area (Å²) in [5, 5.41) is 16.0. The number of methoxy groups -OCH3 is 1.